The van der Waals surface area contributed by atoms with Crippen molar-refractivity contribution in [2.24, 2.45) is 11.8 Å². The molecule has 0 radical (unpaired) electrons. The van der Waals surface area contributed by atoms with Gasteiger partial charge in [-0.15, -0.1) is 0 Å². The second-order valence-electron chi connectivity index (χ2n) is 9.99. The van der Waals surface area contributed by atoms with Crippen LogP contribution in [0.3, 0.4) is 0 Å². The van der Waals surface area contributed by atoms with Crippen LogP contribution < -0.4 is 0 Å². The minimum Gasteiger partial charge on any atom is -0.301 e. The summed E-state index contributed by atoms with van der Waals surface area (Å²) in [6.45, 7) is 0. The first-order valence-corrected chi connectivity index (χ1v) is 12.9. The van der Waals surface area contributed by atoms with Gasteiger partial charge in [-0.05, 0) is 46.0 Å². The molecule has 2 nitrogen and oxygen atoms in total. The lowest BCUT2D eigenvalue weighted by Crippen LogP contribution is -2.13. The smallest absolute Gasteiger partial charge is 0.137 e. The largest absolute Gasteiger partial charge is 0.301 e. The molecule has 2 heterocycles. The molecule has 0 saturated carbocycles. The average molecular weight is 473 g/mol. The Bertz CT molecular complexity index is 1830. The van der Waals surface area contributed by atoms with Gasteiger partial charge in [0.2, 0.25) is 0 Å². The Morgan fingerprint density at radius 3 is 2.05 bits per heavy atom. The van der Waals surface area contributed by atoms with Gasteiger partial charge in [-0.2, -0.15) is 0 Å². The summed E-state index contributed by atoms with van der Waals surface area (Å²) in [6, 6.07) is 32.3. The highest BCUT2D eigenvalue weighted by molar-refractivity contribution is 6.19. The molecule has 2 aromatic heterocycles. The number of hydrogen-bond acceptors (Lipinski definition) is 1. The van der Waals surface area contributed by atoms with Crippen LogP contribution >= 0.6 is 0 Å². The zero-order chi connectivity index (χ0) is 24.3. The molecule has 0 fully saturated rings. The average Bonchev–Trinajstić information content (AvgIpc) is 3.32. The van der Waals surface area contributed by atoms with Crippen molar-refractivity contribution < 1.29 is 0 Å². The lowest BCUT2D eigenvalue weighted by Gasteiger charge is -2.27. The van der Waals surface area contributed by atoms with E-state index in [1.165, 1.54) is 44.3 Å². The van der Waals surface area contributed by atoms with Crippen LogP contribution in [0.2, 0.25) is 0 Å². The van der Waals surface area contributed by atoms with Crippen molar-refractivity contribution in [1.82, 2.24) is 9.55 Å². The minimum absolute atomic E-state index is 0.374. The van der Waals surface area contributed by atoms with Crippen LogP contribution in [0.25, 0.3) is 50.3 Å². The lowest BCUT2D eigenvalue weighted by molar-refractivity contribution is 0.665. The maximum Gasteiger partial charge on any atom is 0.137 e. The third-order valence-electron chi connectivity index (χ3n) is 7.91. The summed E-state index contributed by atoms with van der Waals surface area (Å²) in [6.07, 6.45) is 16.3. The van der Waals surface area contributed by atoms with Crippen molar-refractivity contribution in [2.75, 3.05) is 0 Å². The first-order chi connectivity index (χ1) is 18.3. The fourth-order valence-electron chi connectivity index (χ4n) is 6.19. The first-order valence-electron chi connectivity index (χ1n) is 12.9. The fourth-order valence-corrected chi connectivity index (χ4v) is 6.19. The standard InChI is InChI=1S/C35H24N2/c1-2-10-23(11-3-1)32-17-9-19-34(36-32)37-22-31-30-21-25-13-5-4-12-24(25)20-29(30)27-15-7-6-14-26(27)28-16-8-18-33(37)35(28)31/h1-22,24-25H. The van der Waals surface area contributed by atoms with Gasteiger partial charge >= 0.3 is 0 Å². The Kier molecular flexibility index (Phi) is 4.38. The molecule has 174 valence electrons. The molecule has 2 atom stereocenters. The molecule has 3 aliphatic rings. The number of benzene rings is 3. The van der Waals surface area contributed by atoms with Crippen LogP contribution in [-0.4, -0.2) is 9.55 Å². The van der Waals surface area contributed by atoms with Gasteiger partial charge in [-0.3, -0.25) is 0 Å². The second kappa shape index (κ2) is 7.91. The molecule has 0 bridgehead atoms. The summed E-state index contributed by atoms with van der Waals surface area (Å²) in [4.78, 5) is 5.11. The van der Waals surface area contributed by atoms with Crippen molar-refractivity contribution in [2.45, 2.75) is 0 Å². The van der Waals surface area contributed by atoms with Gasteiger partial charge in [-0.1, -0.05) is 109 Å². The van der Waals surface area contributed by atoms with E-state index >= 15 is 0 Å². The van der Waals surface area contributed by atoms with Gasteiger partial charge in [-0.25, -0.2) is 4.98 Å². The molecule has 0 N–H and O–H groups in total. The maximum atomic E-state index is 5.11. The zero-order valence-electron chi connectivity index (χ0n) is 20.3. The van der Waals surface area contributed by atoms with E-state index in [1.807, 2.05) is 6.07 Å². The highest BCUT2D eigenvalue weighted by atomic mass is 15.1. The predicted octanol–water partition coefficient (Wildman–Crippen LogP) is 8.51. The molecule has 2 heteroatoms. The molecular formula is C35H24N2. The number of nitrogens with zero attached hydrogens (tertiary/aromatic N) is 2. The maximum absolute atomic E-state index is 5.11. The van der Waals surface area contributed by atoms with E-state index in [4.69, 9.17) is 4.98 Å². The Labute approximate surface area is 216 Å². The van der Waals surface area contributed by atoms with Gasteiger partial charge in [0.25, 0.3) is 0 Å². The third-order valence-corrected chi connectivity index (χ3v) is 7.91. The quantitative estimate of drug-likeness (QED) is 0.252. The molecule has 0 aliphatic heterocycles. The molecule has 8 rings (SSSR count). The van der Waals surface area contributed by atoms with E-state index in [9.17, 15) is 0 Å². The number of fused-ring (bicyclic) bond motifs is 6. The predicted molar refractivity (Wildman–Crippen MR) is 153 cm³/mol. The highest BCUT2D eigenvalue weighted by Gasteiger charge is 2.31. The molecule has 37 heavy (non-hydrogen) atoms. The molecule has 0 spiro atoms. The van der Waals surface area contributed by atoms with E-state index in [0.717, 1.165) is 17.1 Å². The lowest BCUT2D eigenvalue weighted by atomic mass is 9.76. The summed E-state index contributed by atoms with van der Waals surface area (Å²) in [5.74, 6) is 1.70. The van der Waals surface area contributed by atoms with Crippen molar-refractivity contribution in [3.63, 3.8) is 0 Å². The Morgan fingerprint density at radius 1 is 0.568 bits per heavy atom. The van der Waals surface area contributed by atoms with Gasteiger partial charge in [0, 0.05) is 34.5 Å². The number of rotatable bonds is 2. The van der Waals surface area contributed by atoms with Crippen LogP contribution in [0.1, 0.15) is 11.1 Å². The summed E-state index contributed by atoms with van der Waals surface area (Å²) in [7, 11) is 0. The Balaban J connectivity index is 1.41. The van der Waals surface area contributed by atoms with Crippen molar-refractivity contribution in [3.8, 4) is 28.2 Å². The SMILES string of the molecule is C1=CC2C=C3C(=CC2C=C1)c1cn(-c2cccc(-c4ccccc4)n2)c2cccc(c12)-c1ccccc13. The summed E-state index contributed by atoms with van der Waals surface area (Å²) < 4.78 is 2.27. The second-order valence-corrected chi connectivity index (χ2v) is 9.99. The molecule has 5 aromatic rings. The molecule has 3 aromatic carbocycles. The van der Waals surface area contributed by atoms with Gasteiger partial charge in [0.15, 0.2) is 0 Å². The molecule has 3 aliphatic carbocycles. The first kappa shape index (κ1) is 20.5. The van der Waals surface area contributed by atoms with Crippen LogP contribution in [0, 0.1) is 11.8 Å². The van der Waals surface area contributed by atoms with E-state index in [0.29, 0.717) is 11.8 Å². The van der Waals surface area contributed by atoms with E-state index < -0.39 is 0 Å². The van der Waals surface area contributed by atoms with E-state index in [1.54, 1.807) is 0 Å². The van der Waals surface area contributed by atoms with Crippen LogP contribution in [0.5, 0.6) is 0 Å². The minimum atomic E-state index is 0.374. The Morgan fingerprint density at radius 2 is 1.24 bits per heavy atom. The van der Waals surface area contributed by atoms with Crippen LogP contribution in [-0.2, 0) is 0 Å². The van der Waals surface area contributed by atoms with Crippen molar-refractivity contribution in [1.29, 1.82) is 0 Å². The van der Waals surface area contributed by atoms with Gasteiger partial charge < -0.3 is 4.57 Å². The third kappa shape index (κ3) is 3.09. The number of hydrogen-bond donors (Lipinski definition) is 0. The van der Waals surface area contributed by atoms with Gasteiger partial charge in [0.05, 0.1) is 11.2 Å². The fraction of sp³-hybridized carbons (Fsp3) is 0.0571. The monoisotopic (exact) mass is 472 g/mol. The summed E-state index contributed by atoms with van der Waals surface area (Å²) in [5.41, 5.74) is 11.1. The topological polar surface area (TPSA) is 17.8 Å². The van der Waals surface area contributed by atoms with Crippen LogP contribution in [0.4, 0.5) is 0 Å². The molecule has 0 amide bonds. The molecule has 2 unspecified atom stereocenters. The number of aromatic nitrogens is 2. The van der Waals surface area contributed by atoms with E-state index in [2.05, 4.69) is 132 Å². The summed E-state index contributed by atoms with van der Waals surface area (Å²) in [5, 5.41) is 1.30. The zero-order valence-corrected chi connectivity index (χ0v) is 20.3. The van der Waals surface area contributed by atoms with E-state index in [-0.39, 0.29) is 0 Å². The summed E-state index contributed by atoms with van der Waals surface area (Å²) >= 11 is 0. The van der Waals surface area contributed by atoms with Crippen molar-refractivity contribution >= 4 is 22.0 Å². The van der Waals surface area contributed by atoms with Gasteiger partial charge in [0.1, 0.15) is 5.82 Å². The normalized spacial score (nSPS) is 18.9. The molecular weight excluding hydrogens is 448 g/mol. The molecule has 0 saturated heterocycles. The van der Waals surface area contributed by atoms with Crippen LogP contribution in [0.15, 0.2) is 134 Å². The highest BCUT2D eigenvalue weighted by Crippen LogP contribution is 2.50. The number of pyridine rings is 1. The Hall–Kier alpha value is -4.69. The number of allylic oxidation sites excluding steroid dienone is 8. The van der Waals surface area contributed by atoms with Crippen molar-refractivity contribution in [3.05, 3.63) is 145 Å².